The lowest BCUT2D eigenvalue weighted by atomic mass is 9.99. The van der Waals surface area contributed by atoms with Crippen LogP contribution in [0.3, 0.4) is 0 Å². The van der Waals surface area contributed by atoms with Crippen LogP contribution in [0.4, 0.5) is 5.69 Å². The van der Waals surface area contributed by atoms with Gasteiger partial charge in [-0.15, -0.1) is 0 Å². The van der Waals surface area contributed by atoms with E-state index in [0.717, 1.165) is 19.1 Å². The molecule has 0 unspecified atom stereocenters. The zero-order valence-electron chi connectivity index (χ0n) is 18.4. The molecule has 10 heteroatoms. The van der Waals surface area contributed by atoms with Crippen LogP contribution in [0.25, 0.3) is 0 Å². The van der Waals surface area contributed by atoms with Crippen molar-refractivity contribution >= 4 is 27.5 Å². The monoisotopic (exact) mass is 453 g/mol. The number of ether oxygens (including phenoxy) is 1. The summed E-state index contributed by atoms with van der Waals surface area (Å²) < 4.78 is 31.4. The number of carbonyl (C=O) groups excluding carboxylic acids is 2. The second kappa shape index (κ2) is 9.13. The number of nitrogens with one attached hydrogen (secondary N) is 1. The normalized spacial score (nSPS) is 22.9. The fraction of sp³-hybridized carbons (Fsp3) is 0.619. The second-order valence-corrected chi connectivity index (χ2v) is 10.7. The number of aliphatic hydroxyl groups is 1. The van der Waals surface area contributed by atoms with Crippen molar-refractivity contribution in [1.82, 2.24) is 9.21 Å². The van der Waals surface area contributed by atoms with E-state index in [0.29, 0.717) is 12.2 Å². The molecule has 0 saturated heterocycles. The van der Waals surface area contributed by atoms with Gasteiger partial charge in [-0.1, -0.05) is 13.0 Å². The molecule has 0 radical (unpaired) electrons. The third-order valence-corrected chi connectivity index (χ3v) is 7.18. The molecule has 1 aromatic carbocycles. The van der Waals surface area contributed by atoms with Gasteiger partial charge in [0, 0.05) is 25.4 Å². The molecule has 2 amide bonds. The molecule has 1 aliphatic heterocycles. The van der Waals surface area contributed by atoms with E-state index >= 15 is 0 Å². The van der Waals surface area contributed by atoms with E-state index in [2.05, 4.69) is 5.32 Å². The van der Waals surface area contributed by atoms with E-state index in [9.17, 15) is 23.1 Å². The summed E-state index contributed by atoms with van der Waals surface area (Å²) in [6, 6.07) is 4.54. The van der Waals surface area contributed by atoms with Crippen LogP contribution in [-0.2, 0) is 14.8 Å². The summed E-state index contributed by atoms with van der Waals surface area (Å²) in [5, 5.41) is 12.6. The summed E-state index contributed by atoms with van der Waals surface area (Å²) in [6.45, 7) is 3.80. The first-order valence-electron chi connectivity index (χ1n) is 10.5. The molecular weight excluding hydrogens is 422 g/mol. The van der Waals surface area contributed by atoms with Crippen molar-refractivity contribution in [3.05, 3.63) is 23.8 Å². The minimum Gasteiger partial charge on any atom is -0.486 e. The number of fused-ring (bicyclic) bond motifs is 1. The Morgan fingerprint density at radius 3 is 2.65 bits per heavy atom. The Balaban J connectivity index is 2.03. The highest BCUT2D eigenvalue weighted by molar-refractivity contribution is 7.88. The second-order valence-electron chi connectivity index (χ2n) is 8.61. The summed E-state index contributed by atoms with van der Waals surface area (Å²) in [5.41, 5.74) is 0.660. The maximum absolute atomic E-state index is 13.3. The van der Waals surface area contributed by atoms with Gasteiger partial charge in [0.15, 0.2) is 5.75 Å². The van der Waals surface area contributed by atoms with Gasteiger partial charge in [-0.3, -0.25) is 9.59 Å². The van der Waals surface area contributed by atoms with Crippen LogP contribution in [0.1, 0.15) is 37.0 Å². The zero-order chi connectivity index (χ0) is 22.9. The number of nitrogens with zero attached hydrogens (tertiary/aromatic N) is 2. The number of amides is 2. The van der Waals surface area contributed by atoms with E-state index in [4.69, 9.17) is 4.74 Å². The third kappa shape index (κ3) is 5.36. The van der Waals surface area contributed by atoms with E-state index in [1.54, 1.807) is 30.0 Å². The lowest BCUT2D eigenvalue weighted by Gasteiger charge is -2.38. The first kappa shape index (κ1) is 23.5. The van der Waals surface area contributed by atoms with Gasteiger partial charge in [-0.25, -0.2) is 12.7 Å². The van der Waals surface area contributed by atoms with Crippen molar-refractivity contribution in [1.29, 1.82) is 0 Å². The van der Waals surface area contributed by atoms with E-state index in [-0.39, 0.29) is 48.1 Å². The van der Waals surface area contributed by atoms with Gasteiger partial charge in [-0.2, -0.15) is 0 Å². The first-order valence-corrected chi connectivity index (χ1v) is 12.3. The number of anilines is 1. The number of para-hydroxylation sites is 1. The Morgan fingerprint density at radius 2 is 2.06 bits per heavy atom. The quantitative estimate of drug-likeness (QED) is 0.640. The maximum atomic E-state index is 13.3. The minimum absolute atomic E-state index is 0.0305. The summed E-state index contributed by atoms with van der Waals surface area (Å²) in [6.07, 6.45) is 2.22. The average molecular weight is 454 g/mol. The molecule has 3 atom stereocenters. The molecule has 1 aromatic rings. The number of sulfonamides is 1. The third-order valence-electron chi connectivity index (χ3n) is 5.90. The molecule has 9 nitrogen and oxygen atoms in total. The Labute approximate surface area is 183 Å². The lowest BCUT2D eigenvalue weighted by Crippen LogP contribution is -2.50. The Morgan fingerprint density at radius 1 is 1.39 bits per heavy atom. The molecule has 1 aliphatic carbocycles. The standard InChI is InChI=1S/C21H31N3O6S/c1-13-10-24(14(2)12-25)21(27)16-6-5-7-17(22-20(26)15-8-9-15)19(16)30-18(13)11-23(3)31(4,28)29/h5-7,13-15,18,25H,8-12H2,1-4H3,(H,22,26)/t13-,14-,18+/m0/s1. The zero-order valence-corrected chi connectivity index (χ0v) is 19.2. The van der Waals surface area contributed by atoms with Gasteiger partial charge < -0.3 is 20.1 Å². The van der Waals surface area contributed by atoms with E-state index in [1.165, 1.54) is 11.4 Å². The van der Waals surface area contributed by atoms with Gasteiger partial charge in [0.05, 0.1) is 36.7 Å². The summed E-state index contributed by atoms with van der Waals surface area (Å²) >= 11 is 0. The number of hydrogen-bond acceptors (Lipinski definition) is 6. The average Bonchev–Trinajstić information content (AvgIpc) is 3.55. The molecule has 1 saturated carbocycles. The fourth-order valence-electron chi connectivity index (χ4n) is 3.53. The van der Waals surface area contributed by atoms with Crippen LogP contribution in [0.2, 0.25) is 0 Å². The topological polar surface area (TPSA) is 116 Å². The summed E-state index contributed by atoms with van der Waals surface area (Å²) in [7, 11) is -1.96. The molecule has 31 heavy (non-hydrogen) atoms. The predicted molar refractivity (Wildman–Crippen MR) is 116 cm³/mol. The minimum atomic E-state index is -3.44. The summed E-state index contributed by atoms with van der Waals surface area (Å²) in [4.78, 5) is 27.3. The van der Waals surface area contributed by atoms with Crippen LogP contribution in [0.5, 0.6) is 5.75 Å². The van der Waals surface area contributed by atoms with Crippen molar-refractivity contribution in [3.8, 4) is 5.75 Å². The SMILES string of the molecule is C[C@H]1CN([C@@H](C)CO)C(=O)c2cccc(NC(=O)C3CC3)c2O[C@@H]1CN(C)S(C)(=O)=O. The number of likely N-dealkylation sites (N-methyl/N-ethyl adjacent to an activating group) is 1. The molecule has 0 aromatic heterocycles. The highest BCUT2D eigenvalue weighted by Crippen LogP contribution is 2.37. The fourth-order valence-corrected chi connectivity index (χ4v) is 3.95. The van der Waals surface area contributed by atoms with Crippen molar-refractivity contribution in [3.63, 3.8) is 0 Å². The van der Waals surface area contributed by atoms with Gasteiger partial charge in [-0.05, 0) is 31.9 Å². The molecule has 3 rings (SSSR count). The van der Waals surface area contributed by atoms with Gasteiger partial charge >= 0.3 is 0 Å². The Hall–Kier alpha value is -2.17. The molecule has 1 heterocycles. The van der Waals surface area contributed by atoms with Gasteiger partial charge in [0.2, 0.25) is 15.9 Å². The number of benzene rings is 1. The van der Waals surface area contributed by atoms with Crippen molar-refractivity contribution in [2.24, 2.45) is 11.8 Å². The van der Waals surface area contributed by atoms with Gasteiger partial charge in [0.1, 0.15) is 6.10 Å². The Bertz CT molecular complexity index is 946. The largest absolute Gasteiger partial charge is 0.486 e. The molecule has 0 spiro atoms. The van der Waals surface area contributed by atoms with Crippen LogP contribution in [0, 0.1) is 11.8 Å². The predicted octanol–water partition coefficient (Wildman–Crippen LogP) is 1.15. The maximum Gasteiger partial charge on any atom is 0.258 e. The summed E-state index contributed by atoms with van der Waals surface area (Å²) in [5.74, 6) is -0.458. The molecule has 0 bridgehead atoms. The van der Waals surface area contributed by atoms with Gasteiger partial charge in [0.25, 0.3) is 5.91 Å². The molecule has 172 valence electrons. The number of hydrogen-bond donors (Lipinski definition) is 2. The first-order chi connectivity index (χ1) is 14.5. The van der Waals surface area contributed by atoms with Crippen LogP contribution in [-0.4, -0.2) is 79.7 Å². The van der Waals surface area contributed by atoms with Crippen LogP contribution >= 0.6 is 0 Å². The van der Waals surface area contributed by atoms with Crippen molar-refractivity contribution in [2.75, 3.05) is 38.3 Å². The highest BCUT2D eigenvalue weighted by Gasteiger charge is 2.36. The smallest absolute Gasteiger partial charge is 0.258 e. The van der Waals surface area contributed by atoms with E-state index < -0.39 is 22.2 Å². The van der Waals surface area contributed by atoms with Crippen molar-refractivity contribution < 1.29 is 27.9 Å². The highest BCUT2D eigenvalue weighted by atomic mass is 32.2. The number of carbonyl (C=O) groups is 2. The number of aliphatic hydroxyl groups excluding tert-OH is 1. The molecule has 1 fully saturated rings. The number of rotatable bonds is 7. The molecular formula is C21H31N3O6S. The van der Waals surface area contributed by atoms with E-state index in [1.807, 2.05) is 6.92 Å². The molecule has 2 aliphatic rings. The molecule has 2 N–H and O–H groups in total. The Kier molecular flexibility index (Phi) is 6.92. The van der Waals surface area contributed by atoms with Crippen molar-refractivity contribution in [2.45, 2.75) is 38.8 Å². The van der Waals surface area contributed by atoms with Crippen LogP contribution < -0.4 is 10.1 Å². The lowest BCUT2D eigenvalue weighted by molar-refractivity contribution is -0.117. The van der Waals surface area contributed by atoms with Crippen LogP contribution in [0.15, 0.2) is 18.2 Å².